The summed E-state index contributed by atoms with van der Waals surface area (Å²) in [5, 5.41) is 6.36. The lowest BCUT2D eigenvalue weighted by Gasteiger charge is -2.28. The van der Waals surface area contributed by atoms with E-state index >= 15 is 0 Å². The van der Waals surface area contributed by atoms with Crippen LogP contribution < -0.4 is 10.6 Å². The highest BCUT2D eigenvalue weighted by atomic mass is 16.1. The summed E-state index contributed by atoms with van der Waals surface area (Å²) in [5.74, 6) is -0.0159. The van der Waals surface area contributed by atoms with Crippen molar-refractivity contribution in [3.63, 3.8) is 0 Å². The molecule has 1 saturated carbocycles. The molecule has 1 aliphatic heterocycles. The molecule has 0 spiro atoms. The van der Waals surface area contributed by atoms with Gasteiger partial charge in [-0.2, -0.15) is 0 Å². The quantitative estimate of drug-likeness (QED) is 0.905. The van der Waals surface area contributed by atoms with Crippen molar-refractivity contribution in [2.45, 2.75) is 31.7 Å². The minimum Gasteiger partial charge on any atom is -0.384 e. The van der Waals surface area contributed by atoms with Crippen molar-refractivity contribution >= 4 is 17.3 Å². The summed E-state index contributed by atoms with van der Waals surface area (Å²) in [6.07, 6.45) is 6.67. The van der Waals surface area contributed by atoms with Crippen LogP contribution in [0.5, 0.6) is 0 Å². The molecule has 1 amide bonds. The maximum atomic E-state index is 12.5. The summed E-state index contributed by atoms with van der Waals surface area (Å²) in [4.78, 5) is 12.5. The molecule has 1 aromatic carbocycles. The van der Waals surface area contributed by atoms with Crippen LogP contribution in [0.15, 0.2) is 36.5 Å². The summed E-state index contributed by atoms with van der Waals surface area (Å²) in [6.45, 7) is 0.983. The number of nitrogens with one attached hydrogen (secondary N) is 2. The molecular formula is C17H19N3O. The van der Waals surface area contributed by atoms with Gasteiger partial charge in [0.05, 0.1) is 0 Å². The van der Waals surface area contributed by atoms with E-state index in [0.717, 1.165) is 24.3 Å². The van der Waals surface area contributed by atoms with Crippen LogP contribution in [0.2, 0.25) is 0 Å². The molecule has 2 N–H and O–H groups in total. The third-order valence-electron chi connectivity index (χ3n) is 4.55. The predicted octanol–water partition coefficient (Wildman–Crippen LogP) is 3.43. The molecule has 2 aliphatic rings. The molecule has 2 aromatic rings. The van der Waals surface area contributed by atoms with Crippen molar-refractivity contribution in [2.24, 2.45) is 0 Å². The Bertz CT molecular complexity index is 685. The van der Waals surface area contributed by atoms with Crippen LogP contribution in [0.1, 0.15) is 41.4 Å². The molecule has 21 heavy (non-hydrogen) atoms. The van der Waals surface area contributed by atoms with Crippen LogP contribution >= 0.6 is 0 Å². The minimum atomic E-state index is -0.0159. The van der Waals surface area contributed by atoms with Gasteiger partial charge in [-0.25, -0.2) is 0 Å². The molecule has 4 rings (SSSR count). The van der Waals surface area contributed by atoms with Crippen LogP contribution in [-0.4, -0.2) is 17.0 Å². The monoisotopic (exact) mass is 281 g/mol. The van der Waals surface area contributed by atoms with Gasteiger partial charge in [0.2, 0.25) is 0 Å². The fraction of sp³-hybridized carbons (Fsp3) is 0.353. The van der Waals surface area contributed by atoms with Crippen molar-refractivity contribution in [2.75, 3.05) is 17.2 Å². The molecule has 4 heteroatoms. The number of carbonyl (C=O) groups is 1. The number of rotatable bonds is 3. The lowest BCUT2D eigenvalue weighted by Crippen LogP contribution is -2.23. The SMILES string of the molecule is O=C(Nc1ccc2c(c1)CCN2)c1cccn1C1CCC1. The van der Waals surface area contributed by atoms with E-state index in [9.17, 15) is 4.79 Å². The molecule has 2 heterocycles. The van der Waals surface area contributed by atoms with Crippen LogP contribution in [-0.2, 0) is 6.42 Å². The topological polar surface area (TPSA) is 46.1 Å². The molecule has 4 nitrogen and oxygen atoms in total. The molecule has 0 atom stereocenters. The molecule has 0 radical (unpaired) electrons. The lowest BCUT2D eigenvalue weighted by atomic mass is 9.93. The van der Waals surface area contributed by atoms with Gasteiger partial charge in [-0.3, -0.25) is 4.79 Å². The van der Waals surface area contributed by atoms with Gasteiger partial charge >= 0.3 is 0 Å². The van der Waals surface area contributed by atoms with E-state index in [1.165, 1.54) is 30.5 Å². The summed E-state index contributed by atoms with van der Waals surface area (Å²) in [6, 6.07) is 10.4. The van der Waals surface area contributed by atoms with Gasteiger partial charge in [-0.15, -0.1) is 0 Å². The second-order valence-electron chi connectivity index (χ2n) is 5.89. The van der Waals surface area contributed by atoms with Crippen LogP contribution in [0, 0.1) is 0 Å². The number of anilines is 2. The van der Waals surface area contributed by atoms with Gasteiger partial charge in [0.25, 0.3) is 5.91 Å². The highest BCUT2D eigenvalue weighted by Gasteiger charge is 2.23. The minimum absolute atomic E-state index is 0.0159. The Kier molecular flexibility index (Phi) is 2.95. The van der Waals surface area contributed by atoms with Crippen molar-refractivity contribution in [1.29, 1.82) is 0 Å². The number of amides is 1. The Morgan fingerprint density at radius 1 is 1.29 bits per heavy atom. The molecule has 1 fully saturated rings. The average molecular weight is 281 g/mol. The number of hydrogen-bond donors (Lipinski definition) is 2. The normalized spacial score (nSPS) is 17.0. The second kappa shape index (κ2) is 4.95. The molecular weight excluding hydrogens is 262 g/mol. The Morgan fingerprint density at radius 3 is 3.00 bits per heavy atom. The van der Waals surface area contributed by atoms with Crippen molar-refractivity contribution in [3.05, 3.63) is 47.8 Å². The number of hydrogen-bond acceptors (Lipinski definition) is 2. The molecule has 1 aromatic heterocycles. The first kappa shape index (κ1) is 12.5. The lowest BCUT2D eigenvalue weighted by molar-refractivity contribution is 0.101. The number of carbonyl (C=O) groups excluding carboxylic acids is 1. The average Bonchev–Trinajstić information content (AvgIpc) is 3.04. The maximum absolute atomic E-state index is 12.5. The van der Waals surface area contributed by atoms with Crippen molar-refractivity contribution in [1.82, 2.24) is 4.57 Å². The third-order valence-corrected chi connectivity index (χ3v) is 4.55. The first-order valence-electron chi connectivity index (χ1n) is 7.66. The summed E-state index contributed by atoms with van der Waals surface area (Å²) >= 11 is 0. The second-order valence-corrected chi connectivity index (χ2v) is 5.89. The van der Waals surface area contributed by atoms with Crippen molar-refractivity contribution < 1.29 is 4.79 Å². The van der Waals surface area contributed by atoms with Gasteiger partial charge in [-0.1, -0.05) is 0 Å². The fourth-order valence-corrected chi connectivity index (χ4v) is 3.15. The highest BCUT2D eigenvalue weighted by Crippen LogP contribution is 2.33. The summed E-state index contributed by atoms with van der Waals surface area (Å²) in [5.41, 5.74) is 4.11. The zero-order chi connectivity index (χ0) is 14.2. The van der Waals surface area contributed by atoms with Gasteiger partial charge in [0.15, 0.2) is 0 Å². The Morgan fingerprint density at radius 2 is 2.19 bits per heavy atom. The molecule has 0 unspecified atom stereocenters. The van der Waals surface area contributed by atoms with E-state index < -0.39 is 0 Å². The largest absolute Gasteiger partial charge is 0.384 e. The van der Waals surface area contributed by atoms with E-state index in [1.54, 1.807) is 0 Å². The summed E-state index contributed by atoms with van der Waals surface area (Å²) in [7, 11) is 0. The molecule has 0 saturated heterocycles. The maximum Gasteiger partial charge on any atom is 0.272 e. The van der Waals surface area contributed by atoms with Gasteiger partial charge < -0.3 is 15.2 Å². The predicted molar refractivity (Wildman–Crippen MR) is 83.9 cm³/mol. The number of nitrogens with zero attached hydrogens (tertiary/aromatic N) is 1. The highest BCUT2D eigenvalue weighted by molar-refractivity contribution is 6.03. The first-order valence-corrected chi connectivity index (χ1v) is 7.66. The Hall–Kier alpha value is -2.23. The first-order chi connectivity index (χ1) is 10.3. The smallest absolute Gasteiger partial charge is 0.272 e. The fourth-order valence-electron chi connectivity index (χ4n) is 3.15. The van der Waals surface area contributed by atoms with Crippen LogP contribution in [0.4, 0.5) is 11.4 Å². The molecule has 0 bridgehead atoms. The van der Waals surface area contributed by atoms with Crippen LogP contribution in [0.3, 0.4) is 0 Å². The van der Waals surface area contributed by atoms with E-state index in [4.69, 9.17) is 0 Å². The van der Waals surface area contributed by atoms with E-state index in [0.29, 0.717) is 6.04 Å². The van der Waals surface area contributed by atoms with Gasteiger partial charge in [0.1, 0.15) is 5.69 Å². The van der Waals surface area contributed by atoms with E-state index in [-0.39, 0.29) is 5.91 Å². The molecule has 1 aliphatic carbocycles. The zero-order valence-corrected chi connectivity index (χ0v) is 11.9. The van der Waals surface area contributed by atoms with E-state index in [1.807, 2.05) is 30.5 Å². The molecule has 108 valence electrons. The number of fused-ring (bicyclic) bond motifs is 1. The Labute approximate surface area is 124 Å². The van der Waals surface area contributed by atoms with Crippen molar-refractivity contribution in [3.8, 4) is 0 Å². The summed E-state index contributed by atoms with van der Waals surface area (Å²) < 4.78 is 2.12. The van der Waals surface area contributed by atoms with Gasteiger partial charge in [-0.05, 0) is 61.6 Å². The van der Waals surface area contributed by atoms with Gasteiger partial charge in [0, 0.05) is 30.2 Å². The number of benzene rings is 1. The number of aromatic nitrogens is 1. The van der Waals surface area contributed by atoms with E-state index in [2.05, 4.69) is 21.3 Å². The van der Waals surface area contributed by atoms with Crippen LogP contribution in [0.25, 0.3) is 0 Å². The zero-order valence-electron chi connectivity index (χ0n) is 11.9. The Balaban J connectivity index is 1.54. The third kappa shape index (κ3) is 2.20. The standard InChI is InChI=1S/C17H19N3O/c21-17(16-5-2-10-20(16)14-3-1-4-14)19-13-6-7-15-12(11-13)8-9-18-15/h2,5-7,10-11,14,18H,1,3-4,8-9H2,(H,19,21).